The number of carbonyl (C=O) groups is 1. The van der Waals surface area contributed by atoms with Crippen molar-refractivity contribution in [2.24, 2.45) is 0 Å². The lowest BCUT2D eigenvalue weighted by molar-refractivity contribution is 0.240. The Hall–Kier alpha value is -2.61. The summed E-state index contributed by atoms with van der Waals surface area (Å²) < 4.78 is 1.92. The van der Waals surface area contributed by atoms with E-state index in [4.69, 9.17) is 0 Å². The molecule has 0 bridgehead atoms. The van der Waals surface area contributed by atoms with Crippen molar-refractivity contribution in [2.45, 2.75) is 13.1 Å². The summed E-state index contributed by atoms with van der Waals surface area (Å²) in [6, 6.07) is 3.82. The summed E-state index contributed by atoms with van der Waals surface area (Å²) >= 11 is 0. The zero-order chi connectivity index (χ0) is 17.5. The van der Waals surface area contributed by atoms with Gasteiger partial charge in [-0.2, -0.15) is 0 Å². The number of carbonyl (C=O) groups excluding carboxylic acids is 1. The lowest BCUT2D eigenvalue weighted by atomic mass is 10.2. The van der Waals surface area contributed by atoms with E-state index in [1.54, 1.807) is 12.5 Å². The molecule has 1 aliphatic heterocycles. The quantitative estimate of drug-likeness (QED) is 0.800. The number of pyridine rings is 1. The van der Waals surface area contributed by atoms with Crippen LogP contribution in [0, 0.1) is 0 Å². The number of piperazine rings is 1. The Labute approximate surface area is 147 Å². The zero-order valence-electron chi connectivity index (χ0n) is 14.6. The Bertz CT molecular complexity index is 665. The van der Waals surface area contributed by atoms with Crippen molar-refractivity contribution in [3.63, 3.8) is 0 Å². The molecule has 0 saturated carbocycles. The first-order valence-electron chi connectivity index (χ1n) is 8.56. The lowest BCUT2D eigenvalue weighted by Gasteiger charge is -2.33. The molecule has 2 N–H and O–H groups in total. The third-order valence-corrected chi connectivity index (χ3v) is 4.31. The molecule has 8 nitrogen and oxygen atoms in total. The molecular weight excluding hydrogens is 318 g/mol. The molecule has 0 spiro atoms. The number of nitrogens with zero attached hydrogens (tertiary/aromatic N) is 5. The second kappa shape index (κ2) is 8.48. The van der Waals surface area contributed by atoms with Crippen molar-refractivity contribution in [2.75, 3.05) is 44.7 Å². The van der Waals surface area contributed by atoms with Gasteiger partial charge in [0, 0.05) is 64.4 Å². The van der Waals surface area contributed by atoms with Crippen molar-refractivity contribution < 1.29 is 4.79 Å². The molecule has 0 radical (unpaired) electrons. The van der Waals surface area contributed by atoms with Crippen LogP contribution < -0.4 is 15.5 Å². The Balaban J connectivity index is 1.43. The minimum absolute atomic E-state index is 0.168. The molecule has 1 fully saturated rings. The van der Waals surface area contributed by atoms with Gasteiger partial charge in [0.05, 0.1) is 6.33 Å². The summed E-state index contributed by atoms with van der Waals surface area (Å²) in [7, 11) is 2.14. The number of urea groups is 1. The first kappa shape index (κ1) is 17.2. The van der Waals surface area contributed by atoms with Crippen LogP contribution in [0.5, 0.6) is 0 Å². The summed E-state index contributed by atoms with van der Waals surface area (Å²) in [6.45, 7) is 5.80. The van der Waals surface area contributed by atoms with E-state index in [1.807, 2.05) is 23.0 Å². The molecule has 0 unspecified atom stereocenters. The first-order valence-corrected chi connectivity index (χ1v) is 8.56. The average Bonchev–Trinajstić information content (AvgIpc) is 3.14. The largest absolute Gasteiger partial charge is 0.354 e. The molecule has 0 aromatic carbocycles. The fourth-order valence-corrected chi connectivity index (χ4v) is 2.74. The van der Waals surface area contributed by atoms with Gasteiger partial charge in [-0.3, -0.25) is 0 Å². The van der Waals surface area contributed by atoms with E-state index in [0.29, 0.717) is 19.6 Å². The van der Waals surface area contributed by atoms with Crippen molar-refractivity contribution in [3.05, 3.63) is 42.6 Å². The van der Waals surface area contributed by atoms with E-state index < -0.39 is 0 Å². The molecule has 3 heterocycles. The van der Waals surface area contributed by atoms with E-state index in [1.165, 1.54) is 0 Å². The molecule has 8 heteroatoms. The van der Waals surface area contributed by atoms with Gasteiger partial charge in [-0.1, -0.05) is 0 Å². The minimum atomic E-state index is -0.168. The maximum Gasteiger partial charge on any atom is 0.315 e. The van der Waals surface area contributed by atoms with Gasteiger partial charge < -0.3 is 25.0 Å². The minimum Gasteiger partial charge on any atom is -0.354 e. The lowest BCUT2D eigenvalue weighted by Crippen LogP contribution is -2.44. The predicted octanol–water partition coefficient (Wildman–Crippen LogP) is 0.529. The summed E-state index contributed by atoms with van der Waals surface area (Å²) in [5.41, 5.74) is 1.05. The number of hydrogen-bond acceptors (Lipinski definition) is 5. The number of rotatable bonds is 6. The van der Waals surface area contributed by atoms with Crippen LogP contribution in [0.2, 0.25) is 0 Å². The number of amides is 2. The van der Waals surface area contributed by atoms with Gasteiger partial charge in [-0.15, -0.1) is 0 Å². The van der Waals surface area contributed by atoms with Gasteiger partial charge in [-0.05, 0) is 24.7 Å². The van der Waals surface area contributed by atoms with Gasteiger partial charge in [0.25, 0.3) is 0 Å². The Morgan fingerprint density at radius 1 is 1.20 bits per heavy atom. The number of nitrogens with one attached hydrogen (secondary N) is 2. The number of aromatic nitrogens is 3. The molecule has 1 saturated heterocycles. The van der Waals surface area contributed by atoms with Crippen LogP contribution in [0.15, 0.2) is 37.1 Å². The fourth-order valence-electron chi connectivity index (χ4n) is 2.74. The molecule has 2 aromatic heterocycles. The van der Waals surface area contributed by atoms with Crippen LogP contribution in [-0.4, -0.2) is 65.2 Å². The Morgan fingerprint density at radius 3 is 2.80 bits per heavy atom. The van der Waals surface area contributed by atoms with Crippen molar-refractivity contribution in [1.29, 1.82) is 0 Å². The van der Waals surface area contributed by atoms with E-state index in [0.717, 1.165) is 37.6 Å². The summed E-state index contributed by atoms with van der Waals surface area (Å²) in [5, 5.41) is 5.73. The summed E-state index contributed by atoms with van der Waals surface area (Å²) in [4.78, 5) is 24.9. The summed E-state index contributed by atoms with van der Waals surface area (Å²) in [6.07, 6.45) is 7.13. The van der Waals surface area contributed by atoms with E-state index in [9.17, 15) is 4.79 Å². The average molecular weight is 343 g/mol. The molecule has 1 aliphatic rings. The van der Waals surface area contributed by atoms with Gasteiger partial charge >= 0.3 is 6.03 Å². The third kappa shape index (κ3) is 5.18. The third-order valence-electron chi connectivity index (χ3n) is 4.31. The topological polar surface area (TPSA) is 78.3 Å². The SMILES string of the molecule is CN1CCN(c2cc(CNC(=O)NCCn3ccnc3)ccn2)CC1. The Kier molecular flexibility index (Phi) is 5.84. The normalized spacial score (nSPS) is 15.2. The van der Waals surface area contributed by atoms with Gasteiger partial charge in [0.15, 0.2) is 0 Å². The van der Waals surface area contributed by atoms with Crippen LogP contribution in [0.25, 0.3) is 0 Å². The zero-order valence-corrected chi connectivity index (χ0v) is 14.6. The smallest absolute Gasteiger partial charge is 0.315 e. The molecule has 134 valence electrons. The van der Waals surface area contributed by atoms with Gasteiger partial charge in [0.1, 0.15) is 5.82 Å². The highest BCUT2D eigenvalue weighted by molar-refractivity contribution is 5.73. The monoisotopic (exact) mass is 343 g/mol. The molecule has 3 rings (SSSR count). The van der Waals surface area contributed by atoms with Crippen LogP contribution in [0.1, 0.15) is 5.56 Å². The van der Waals surface area contributed by atoms with Crippen LogP contribution >= 0.6 is 0 Å². The van der Waals surface area contributed by atoms with Crippen LogP contribution in [0.3, 0.4) is 0 Å². The first-order chi connectivity index (χ1) is 12.2. The predicted molar refractivity (Wildman–Crippen MR) is 96.4 cm³/mol. The molecule has 2 amide bonds. The van der Waals surface area contributed by atoms with E-state index >= 15 is 0 Å². The van der Waals surface area contributed by atoms with E-state index in [2.05, 4.69) is 43.5 Å². The maximum absolute atomic E-state index is 11.9. The van der Waals surface area contributed by atoms with Crippen LogP contribution in [0.4, 0.5) is 10.6 Å². The number of anilines is 1. The van der Waals surface area contributed by atoms with Crippen molar-refractivity contribution in [1.82, 2.24) is 30.1 Å². The molecule has 2 aromatic rings. The second-order valence-electron chi connectivity index (χ2n) is 6.22. The van der Waals surface area contributed by atoms with E-state index in [-0.39, 0.29) is 6.03 Å². The molecular formula is C17H25N7O. The molecule has 0 aliphatic carbocycles. The number of likely N-dealkylation sites (N-methyl/N-ethyl adjacent to an activating group) is 1. The fraction of sp³-hybridized carbons (Fsp3) is 0.471. The molecule has 25 heavy (non-hydrogen) atoms. The standard InChI is InChI=1S/C17H25N7O/c1-22-8-10-24(11-9-22)16-12-15(2-3-19-16)13-21-17(25)20-5-7-23-6-4-18-14-23/h2-4,6,12,14H,5,7-11,13H2,1H3,(H2,20,21,25). The van der Waals surface area contributed by atoms with Gasteiger partial charge in [0.2, 0.25) is 0 Å². The highest BCUT2D eigenvalue weighted by atomic mass is 16.2. The number of imidazole rings is 1. The summed E-state index contributed by atoms with van der Waals surface area (Å²) in [5.74, 6) is 0.980. The Morgan fingerprint density at radius 2 is 2.04 bits per heavy atom. The highest BCUT2D eigenvalue weighted by Gasteiger charge is 2.15. The van der Waals surface area contributed by atoms with Crippen molar-refractivity contribution in [3.8, 4) is 0 Å². The van der Waals surface area contributed by atoms with Gasteiger partial charge in [-0.25, -0.2) is 14.8 Å². The highest BCUT2D eigenvalue weighted by Crippen LogP contribution is 2.14. The van der Waals surface area contributed by atoms with Crippen LogP contribution in [-0.2, 0) is 13.1 Å². The maximum atomic E-state index is 11.9. The molecule has 0 atom stereocenters. The number of hydrogen-bond donors (Lipinski definition) is 2. The van der Waals surface area contributed by atoms with Crippen molar-refractivity contribution >= 4 is 11.8 Å². The second-order valence-corrected chi connectivity index (χ2v) is 6.22.